The van der Waals surface area contributed by atoms with Gasteiger partial charge in [0.05, 0.1) is 30.4 Å². The molecule has 276 valence electrons. The third-order valence-corrected chi connectivity index (χ3v) is 14.1. The van der Waals surface area contributed by atoms with Gasteiger partial charge in [0.2, 0.25) is 23.7 Å². The molecule has 2 aliphatic carbocycles. The van der Waals surface area contributed by atoms with Crippen molar-refractivity contribution in [3.8, 4) is 5.75 Å². The molecule has 1 aliphatic heterocycles. The second-order valence-electron chi connectivity index (χ2n) is 15.9. The third-order valence-electron chi connectivity index (χ3n) is 12.0. The first kappa shape index (κ1) is 37.5. The molecule has 0 amide bonds. The van der Waals surface area contributed by atoms with Crippen molar-refractivity contribution in [1.82, 2.24) is 4.13 Å². The summed E-state index contributed by atoms with van der Waals surface area (Å²) in [6.07, 6.45) is 8.57. The molecule has 53 heavy (non-hydrogen) atoms. The van der Waals surface area contributed by atoms with E-state index in [-0.39, 0.29) is 19.1 Å². The minimum absolute atomic E-state index is 0.182. The van der Waals surface area contributed by atoms with Crippen LogP contribution in [0.4, 0.5) is 5.69 Å². The number of hydrogen-bond acceptors (Lipinski definition) is 5. The van der Waals surface area contributed by atoms with Crippen molar-refractivity contribution < 1.29 is 17.9 Å². The van der Waals surface area contributed by atoms with Crippen LogP contribution in [0.1, 0.15) is 53.5 Å². The number of anilines is 1. The molecule has 0 bridgehead atoms. The van der Waals surface area contributed by atoms with Gasteiger partial charge in [0.15, 0.2) is 0 Å². The normalized spacial score (nSPS) is 20.9. The first-order valence-electron chi connectivity index (χ1n) is 19.6. The predicted molar refractivity (Wildman–Crippen MR) is 220 cm³/mol. The Bertz CT molecular complexity index is 1930. The van der Waals surface area contributed by atoms with Crippen LogP contribution in [0.3, 0.4) is 0 Å². The summed E-state index contributed by atoms with van der Waals surface area (Å²) >= 11 is 0. The zero-order chi connectivity index (χ0) is 37.0. The summed E-state index contributed by atoms with van der Waals surface area (Å²) in [5, 5.41) is 0. The summed E-state index contributed by atoms with van der Waals surface area (Å²) in [6, 6.07) is 32.9. The summed E-state index contributed by atoms with van der Waals surface area (Å²) in [7, 11) is -3.92. The maximum absolute atomic E-state index is 15.1. The van der Waals surface area contributed by atoms with Crippen LogP contribution in [0.15, 0.2) is 115 Å². The fraction of sp³-hybridized carbons (Fsp3) is 0.409. The lowest BCUT2D eigenvalue weighted by molar-refractivity contribution is 0.0466. The molecule has 3 atom stereocenters. The van der Waals surface area contributed by atoms with E-state index in [2.05, 4.69) is 60.9 Å². The van der Waals surface area contributed by atoms with E-state index in [1.165, 1.54) is 16.7 Å². The number of ether oxygens (including phenoxy) is 2. The van der Waals surface area contributed by atoms with E-state index in [1.54, 1.807) is 10.2 Å². The highest BCUT2D eigenvalue weighted by Crippen LogP contribution is 2.46. The van der Waals surface area contributed by atoms with Gasteiger partial charge in [-0.2, -0.15) is 0 Å². The minimum Gasteiger partial charge on any atom is -0.490 e. The fourth-order valence-electron chi connectivity index (χ4n) is 9.22. The summed E-state index contributed by atoms with van der Waals surface area (Å²) < 4.78 is 44.7. The van der Waals surface area contributed by atoms with Crippen LogP contribution in [0, 0.1) is 18.8 Å². The maximum Gasteiger partial charge on any atom is 0.229 e. The number of aryl methyl sites for hydroxylation is 2. The highest BCUT2D eigenvalue weighted by molar-refractivity contribution is 7.91. The van der Waals surface area contributed by atoms with Gasteiger partial charge in [-0.05, 0) is 92.8 Å². The van der Waals surface area contributed by atoms with E-state index in [0.717, 1.165) is 74.4 Å². The summed E-state index contributed by atoms with van der Waals surface area (Å²) in [6.45, 7) is 13.0. The van der Waals surface area contributed by atoms with Crippen LogP contribution in [-0.2, 0) is 39.2 Å². The standard InChI is InChI=1S/C44H54B2N2O4S/c1-5-25-51-31-39-20-19-38(39)30-47-32-44(24-12-17-37-26-34(2)18-22-41(37)44)33-52-43-23-21-40(27-42(43)47)53(49,50)48(45(3)28-35-13-8-6-9-14-35)46(4)29-36-15-10-7-11-16-36/h5-11,13-16,18,21-23,26-27,38-39H,1,12,17,19-20,24-25,28-33H2,2-4H3/t38-,39?,44-/m0/s1. The van der Waals surface area contributed by atoms with Crippen LogP contribution in [0.25, 0.3) is 0 Å². The van der Waals surface area contributed by atoms with E-state index >= 15 is 8.42 Å². The maximum atomic E-state index is 15.1. The molecule has 1 spiro atoms. The molecule has 0 saturated heterocycles. The molecule has 3 aliphatic rings. The van der Waals surface area contributed by atoms with E-state index in [1.807, 2.05) is 68.3 Å². The lowest BCUT2D eigenvalue weighted by Crippen LogP contribution is -2.52. The topological polar surface area (TPSA) is 59.1 Å². The molecule has 0 aromatic heterocycles. The van der Waals surface area contributed by atoms with Crippen LogP contribution >= 0.6 is 0 Å². The van der Waals surface area contributed by atoms with E-state index in [9.17, 15) is 0 Å². The van der Waals surface area contributed by atoms with Gasteiger partial charge in [-0.25, -0.2) is 8.42 Å². The van der Waals surface area contributed by atoms with Crippen molar-refractivity contribution in [3.05, 3.63) is 138 Å². The molecule has 4 aromatic rings. The summed E-state index contributed by atoms with van der Waals surface area (Å²) in [4.78, 5) is 2.80. The molecule has 1 saturated carbocycles. The van der Waals surface area contributed by atoms with Gasteiger partial charge in [0.25, 0.3) is 0 Å². The van der Waals surface area contributed by atoms with E-state index in [4.69, 9.17) is 9.47 Å². The number of nitrogens with zero attached hydrogens (tertiary/aromatic N) is 2. The highest BCUT2D eigenvalue weighted by Gasteiger charge is 2.44. The Hall–Kier alpha value is -3.78. The summed E-state index contributed by atoms with van der Waals surface area (Å²) in [5.41, 5.74) is 7.03. The Morgan fingerprint density at radius 1 is 0.925 bits per heavy atom. The van der Waals surface area contributed by atoms with Gasteiger partial charge >= 0.3 is 0 Å². The number of fused-ring (bicyclic) bond motifs is 3. The fourth-order valence-corrected chi connectivity index (χ4v) is 11.1. The Balaban J connectivity index is 1.26. The Morgan fingerprint density at radius 2 is 1.60 bits per heavy atom. The molecule has 1 heterocycles. The molecule has 1 unspecified atom stereocenters. The largest absolute Gasteiger partial charge is 0.490 e. The van der Waals surface area contributed by atoms with Crippen molar-refractivity contribution >= 4 is 29.4 Å². The van der Waals surface area contributed by atoms with Gasteiger partial charge in [-0.15, -0.1) is 6.58 Å². The quantitative estimate of drug-likeness (QED) is 0.0741. The van der Waals surface area contributed by atoms with Gasteiger partial charge in [-0.3, -0.25) is 4.13 Å². The molecular formula is C44H54B2N2O4S. The molecular weight excluding hydrogens is 674 g/mol. The number of rotatable bonds is 14. The molecule has 6 nitrogen and oxygen atoms in total. The van der Waals surface area contributed by atoms with Crippen LogP contribution in [0.5, 0.6) is 5.75 Å². The SMILES string of the molecule is C=CCOCC1CC[C@H]1CN1C[C@@]2(CCCc3cc(C)ccc32)COc2ccc(S(=O)(=O)N(B(C)Cc3ccccc3)B(C)Cc3ccccc3)cc21. The first-order chi connectivity index (χ1) is 25.7. The number of sulfonamides is 1. The lowest BCUT2D eigenvalue weighted by Gasteiger charge is -2.44. The number of hydrogen-bond donors (Lipinski definition) is 0. The van der Waals surface area contributed by atoms with Crippen LogP contribution < -0.4 is 9.64 Å². The van der Waals surface area contributed by atoms with Gasteiger partial charge in [0.1, 0.15) is 5.75 Å². The monoisotopic (exact) mass is 728 g/mol. The predicted octanol–water partition coefficient (Wildman–Crippen LogP) is 8.49. The van der Waals surface area contributed by atoms with E-state index in [0.29, 0.717) is 42.6 Å². The second-order valence-corrected chi connectivity index (χ2v) is 17.8. The molecule has 9 heteroatoms. The smallest absolute Gasteiger partial charge is 0.229 e. The zero-order valence-corrected chi connectivity index (χ0v) is 32.6. The summed E-state index contributed by atoms with van der Waals surface area (Å²) in [5.74, 6) is 1.69. The molecule has 7 rings (SSSR count). The second kappa shape index (κ2) is 16.3. The number of benzene rings is 4. The van der Waals surface area contributed by atoms with E-state index < -0.39 is 10.0 Å². The molecule has 0 radical (unpaired) electrons. The lowest BCUT2D eigenvalue weighted by atomic mass is 9.48. The Labute approximate surface area is 318 Å². The first-order valence-corrected chi connectivity index (χ1v) is 21.0. The Kier molecular flexibility index (Phi) is 11.5. The van der Waals surface area contributed by atoms with Crippen molar-refractivity contribution in [2.45, 2.75) is 75.6 Å². The average Bonchev–Trinajstić information content (AvgIpc) is 3.29. The van der Waals surface area contributed by atoms with Crippen molar-refractivity contribution in [2.24, 2.45) is 11.8 Å². The van der Waals surface area contributed by atoms with Crippen LogP contribution in [-0.4, -0.2) is 59.2 Å². The van der Waals surface area contributed by atoms with Gasteiger partial charge < -0.3 is 14.4 Å². The molecule has 1 fully saturated rings. The minimum atomic E-state index is -3.92. The van der Waals surface area contributed by atoms with Crippen LogP contribution in [0.2, 0.25) is 13.6 Å². The van der Waals surface area contributed by atoms with Crippen molar-refractivity contribution in [1.29, 1.82) is 0 Å². The Morgan fingerprint density at radius 3 is 2.25 bits per heavy atom. The molecule has 4 aromatic carbocycles. The third kappa shape index (κ3) is 8.18. The van der Waals surface area contributed by atoms with Crippen molar-refractivity contribution in [2.75, 3.05) is 37.8 Å². The zero-order valence-electron chi connectivity index (χ0n) is 31.8. The van der Waals surface area contributed by atoms with Gasteiger partial charge in [-0.1, -0.05) is 115 Å². The molecule has 0 N–H and O–H groups in total. The van der Waals surface area contributed by atoms with Gasteiger partial charge in [0, 0.05) is 18.5 Å². The van der Waals surface area contributed by atoms with Crippen molar-refractivity contribution in [3.63, 3.8) is 0 Å². The average molecular weight is 729 g/mol. The highest BCUT2D eigenvalue weighted by atomic mass is 32.2.